The lowest BCUT2D eigenvalue weighted by Gasteiger charge is -2.08. The first-order valence-electron chi connectivity index (χ1n) is 5.35. The number of H-pyrrole nitrogens is 1. The maximum Gasteiger partial charge on any atom is 0.267 e. The van der Waals surface area contributed by atoms with Crippen molar-refractivity contribution in [3.63, 3.8) is 0 Å². The molecule has 1 heterocycles. The van der Waals surface area contributed by atoms with E-state index in [9.17, 15) is 17.6 Å². The first-order valence-corrected chi connectivity index (χ1v) is 6.84. The molecule has 0 saturated carbocycles. The standard InChI is InChI=1S/C12H11FN2O3S/c1-8-4-9(13)6-10(5-8)15-19(17,18)12-7-14-3-2-11(12)16/h2-7,15H,1H3,(H,14,16). The molecule has 0 bridgehead atoms. The number of halogens is 1. The summed E-state index contributed by atoms with van der Waals surface area (Å²) in [5.74, 6) is -0.556. The summed E-state index contributed by atoms with van der Waals surface area (Å²) >= 11 is 0. The van der Waals surface area contributed by atoms with Gasteiger partial charge in [-0.15, -0.1) is 0 Å². The minimum atomic E-state index is -4.04. The number of benzene rings is 1. The lowest BCUT2D eigenvalue weighted by Crippen LogP contribution is -2.21. The number of anilines is 1. The highest BCUT2D eigenvalue weighted by Crippen LogP contribution is 2.16. The van der Waals surface area contributed by atoms with Crippen LogP contribution in [0, 0.1) is 12.7 Å². The van der Waals surface area contributed by atoms with Gasteiger partial charge >= 0.3 is 0 Å². The van der Waals surface area contributed by atoms with E-state index in [4.69, 9.17) is 0 Å². The molecule has 0 fully saturated rings. The highest BCUT2D eigenvalue weighted by molar-refractivity contribution is 7.92. The Kier molecular flexibility index (Phi) is 3.39. The van der Waals surface area contributed by atoms with Gasteiger partial charge in [0.25, 0.3) is 10.0 Å². The normalized spacial score (nSPS) is 11.3. The Morgan fingerprint density at radius 2 is 2.00 bits per heavy atom. The van der Waals surface area contributed by atoms with E-state index >= 15 is 0 Å². The zero-order valence-electron chi connectivity index (χ0n) is 9.98. The largest absolute Gasteiger partial charge is 0.366 e. The fraction of sp³-hybridized carbons (Fsp3) is 0.0833. The summed E-state index contributed by atoms with van der Waals surface area (Å²) in [4.78, 5) is 13.6. The van der Waals surface area contributed by atoms with Crippen LogP contribution in [0.3, 0.4) is 0 Å². The second-order valence-corrected chi connectivity index (χ2v) is 5.65. The molecule has 0 aliphatic carbocycles. The van der Waals surface area contributed by atoms with Crippen LogP contribution in [-0.2, 0) is 10.0 Å². The second-order valence-electron chi connectivity index (χ2n) is 4.00. The van der Waals surface area contributed by atoms with E-state index in [-0.39, 0.29) is 5.69 Å². The molecule has 2 N–H and O–H groups in total. The summed E-state index contributed by atoms with van der Waals surface area (Å²) < 4.78 is 39.3. The number of pyridine rings is 1. The van der Waals surface area contributed by atoms with E-state index in [0.29, 0.717) is 5.56 Å². The fourth-order valence-electron chi connectivity index (χ4n) is 1.62. The molecule has 0 aliphatic rings. The van der Waals surface area contributed by atoms with E-state index in [1.54, 1.807) is 6.92 Å². The highest BCUT2D eigenvalue weighted by atomic mass is 32.2. The van der Waals surface area contributed by atoms with Crippen molar-refractivity contribution in [3.8, 4) is 0 Å². The van der Waals surface area contributed by atoms with Gasteiger partial charge in [-0.3, -0.25) is 9.52 Å². The Morgan fingerprint density at radius 3 is 2.63 bits per heavy atom. The van der Waals surface area contributed by atoms with Gasteiger partial charge in [0.15, 0.2) is 4.90 Å². The number of hydrogen-bond donors (Lipinski definition) is 2. The summed E-state index contributed by atoms with van der Waals surface area (Å²) in [5.41, 5.74) is -0.000186. The van der Waals surface area contributed by atoms with Crippen LogP contribution in [0.5, 0.6) is 0 Å². The monoisotopic (exact) mass is 282 g/mol. The maximum absolute atomic E-state index is 13.2. The van der Waals surface area contributed by atoms with Gasteiger partial charge in [0, 0.05) is 18.5 Å². The number of aromatic nitrogens is 1. The molecule has 0 aliphatic heterocycles. The van der Waals surface area contributed by atoms with Crippen LogP contribution < -0.4 is 10.2 Å². The number of rotatable bonds is 3. The molecule has 0 amide bonds. The van der Waals surface area contributed by atoms with Crippen molar-refractivity contribution in [2.45, 2.75) is 11.8 Å². The highest BCUT2D eigenvalue weighted by Gasteiger charge is 2.18. The molecule has 100 valence electrons. The summed E-state index contributed by atoms with van der Waals surface area (Å²) in [6.45, 7) is 1.64. The molecule has 5 nitrogen and oxygen atoms in total. The lowest BCUT2D eigenvalue weighted by molar-refractivity contribution is 0.600. The number of nitrogens with one attached hydrogen (secondary N) is 2. The smallest absolute Gasteiger partial charge is 0.267 e. The van der Waals surface area contributed by atoms with Crippen molar-refractivity contribution in [1.82, 2.24) is 4.98 Å². The number of sulfonamides is 1. The van der Waals surface area contributed by atoms with Crippen LogP contribution in [0.2, 0.25) is 0 Å². The minimum Gasteiger partial charge on any atom is -0.366 e. The summed E-state index contributed by atoms with van der Waals surface area (Å²) in [7, 11) is -4.04. The third-order valence-corrected chi connectivity index (χ3v) is 3.77. The third kappa shape index (κ3) is 3.00. The first-order chi connectivity index (χ1) is 8.88. The van der Waals surface area contributed by atoms with Crippen LogP contribution in [0.1, 0.15) is 5.56 Å². The molecule has 2 aromatic rings. The lowest BCUT2D eigenvalue weighted by atomic mass is 10.2. The molecule has 7 heteroatoms. The van der Waals surface area contributed by atoms with E-state index < -0.39 is 26.2 Å². The molecule has 0 unspecified atom stereocenters. The van der Waals surface area contributed by atoms with Gasteiger partial charge in [-0.1, -0.05) is 0 Å². The molecule has 0 radical (unpaired) electrons. The van der Waals surface area contributed by atoms with Crippen LogP contribution in [-0.4, -0.2) is 13.4 Å². The van der Waals surface area contributed by atoms with Gasteiger partial charge in [-0.2, -0.15) is 0 Å². The topological polar surface area (TPSA) is 79.0 Å². The van der Waals surface area contributed by atoms with Gasteiger partial charge in [-0.05, 0) is 30.7 Å². The van der Waals surface area contributed by atoms with Gasteiger partial charge in [0.1, 0.15) is 5.82 Å². The Balaban J connectivity index is 2.42. The Labute approximate surface area is 109 Å². The number of aromatic amines is 1. The fourth-order valence-corrected chi connectivity index (χ4v) is 2.71. The van der Waals surface area contributed by atoms with Crippen LogP contribution in [0.4, 0.5) is 10.1 Å². The molecule has 19 heavy (non-hydrogen) atoms. The van der Waals surface area contributed by atoms with Gasteiger partial charge in [-0.25, -0.2) is 12.8 Å². The predicted octanol–water partition coefficient (Wildman–Crippen LogP) is 1.62. The molecular formula is C12H11FN2O3S. The Hall–Kier alpha value is -2.15. The van der Waals surface area contributed by atoms with Crippen molar-refractivity contribution in [1.29, 1.82) is 0 Å². The molecule has 2 rings (SSSR count). The zero-order chi connectivity index (χ0) is 14.0. The summed E-state index contributed by atoms with van der Waals surface area (Å²) in [6.07, 6.45) is 2.41. The van der Waals surface area contributed by atoms with Crippen LogP contribution in [0.15, 0.2) is 46.3 Å². The third-order valence-electron chi connectivity index (χ3n) is 2.37. The first kappa shape index (κ1) is 13.3. The zero-order valence-corrected chi connectivity index (χ0v) is 10.8. The summed E-state index contributed by atoms with van der Waals surface area (Å²) in [6, 6.07) is 4.89. The van der Waals surface area contributed by atoms with E-state index in [1.165, 1.54) is 18.3 Å². The molecule has 1 aromatic carbocycles. The molecular weight excluding hydrogens is 271 g/mol. The van der Waals surface area contributed by atoms with Crippen molar-refractivity contribution in [2.24, 2.45) is 0 Å². The quantitative estimate of drug-likeness (QED) is 0.898. The molecule has 0 atom stereocenters. The van der Waals surface area contributed by atoms with Crippen LogP contribution in [0.25, 0.3) is 0 Å². The Morgan fingerprint density at radius 1 is 1.26 bits per heavy atom. The van der Waals surface area contributed by atoms with Gasteiger partial charge < -0.3 is 4.98 Å². The second kappa shape index (κ2) is 4.85. The van der Waals surface area contributed by atoms with E-state index in [1.807, 2.05) is 0 Å². The molecule has 0 spiro atoms. The number of hydrogen-bond acceptors (Lipinski definition) is 3. The SMILES string of the molecule is Cc1cc(F)cc(NS(=O)(=O)c2c[nH]ccc2=O)c1. The van der Waals surface area contributed by atoms with E-state index in [2.05, 4.69) is 9.71 Å². The summed E-state index contributed by atoms with van der Waals surface area (Å²) in [5, 5.41) is 0. The van der Waals surface area contributed by atoms with Crippen molar-refractivity contribution in [3.05, 3.63) is 58.3 Å². The van der Waals surface area contributed by atoms with Crippen LogP contribution >= 0.6 is 0 Å². The minimum absolute atomic E-state index is 0.0701. The average Bonchev–Trinajstić information content (AvgIpc) is 2.26. The van der Waals surface area contributed by atoms with Crippen molar-refractivity contribution >= 4 is 15.7 Å². The number of aryl methyl sites for hydroxylation is 1. The maximum atomic E-state index is 13.2. The average molecular weight is 282 g/mol. The van der Waals surface area contributed by atoms with Crippen molar-refractivity contribution < 1.29 is 12.8 Å². The van der Waals surface area contributed by atoms with Gasteiger partial charge in [0.2, 0.25) is 5.43 Å². The molecule has 0 saturated heterocycles. The Bertz CT molecular complexity index is 748. The molecule has 1 aromatic heterocycles. The van der Waals surface area contributed by atoms with Crippen molar-refractivity contribution in [2.75, 3.05) is 4.72 Å². The van der Waals surface area contributed by atoms with Gasteiger partial charge in [0.05, 0.1) is 5.69 Å². The van der Waals surface area contributed by atoms with E-state index in [0.717, 1.165) is 18.3 Å². The predicted molar refractivity (Wildman–Crippen MR) is 69.0 cm³/mol.